The van der Waals surface area contributed by atoms with Crippen LogP contribution in [0.25, 0.3) is 0 Å². The maximum absolute atomic E-state index is 12.8. The number of hydrogen-bond donors (Lipinski definition) is 0. The van der Waals surface area contributed by atoms with Gasteiger partial charge in [-0.15, -0.1) is 0 Å². The molecule has 178 valence electrons. The molecule has 0 bridgehead atoms. The van der Waals surface area contributed by atoms with Gasteiger partial charge in [-0.05, 0) is 41.5 Å². The Balaban J connectivity index is 1.64. The van der Waals surface area contributed by atoms with Crippen LogP contribution in [-0.2, 0) is 13.1 Å². The second kappa shape index (κ2) is 12.8. The van der Waals surface area contributed by atoms with E-state index < -0.39 is 0 Å². The smallest absolute Gasteiger partial charge is 0.254 e. The van der Waals surface area contributed by atoms with Crippen LogP contribution in [0.5, 0.6) is 11.5 Å². The number of amides is 1. The number of benzene rings is 3. The Morgan fingerprint density at radius 1 is 0.853 bits per heavy atom. The van der Waals surface area contributed by atoms with Gasteiger partial charge in [0, 0.05) is 38.0 Å². The molecule has 7 heteroatoms. The van der Waals surface area contributed by atoms with Gasteiger partial charge in [-0.3, -0.25) is 9.59 Å². The molecule has 0 fully saturated rings. The summed E-state index contributed by atoms with van der Waals surface area (Å²) in [6.45, 7) is 2.04. The highest BCUT2D eigenvalue weighted by Crippen LogP contribution is 2.22. The van der Waals surface area contributed by atoms with Crippen LogP contribution in [0.2, 0.25) is 0 Å². The molecule has 0 atom stereocenters. The van der Waals surface area contributed by atoms with Crippen LogP contribution < -0.4 is 9.47 Å². The van der Waals surface area contributed by atoms with Crippen molar-refractivity contribution in [2.75, 3.05) is 33.6 Å². The van der Waals surface area contributed by atoms with Crippen LogP contribution in [-0.4, -0.2) is 55.0 Å². The maximum Gasteiger partial charge on any atom is 0.254 e. The Morgan fingerprint density at radius 3 is 1.88 bits per heavy atom. The zero-order valence-electron chi connectivity index (χ0n) is 19.8. The number of aldehydes is 1. The molecule has 0 radical (unpaired) electrons. The summed E-state index contributed by atoms with van der Waals surface area (Å²) in [5, 5.41) is 0. The summed E-state index contributed by atoms with van der Waals surface area (Å²) < 4.78 is 12.8. The molecule has 0 unspecified atom stereocenters. The first-order chi connectivity index (χ1) is 16.5. The number of rotatable bonds is 12. The molecule has 1 amide bonds. The zero-order valence-corrected chi connectivity index (χ0v) is 20.6. The summed E-state index contributed by atoms with van der Waals surface area (Å²) >= 11 is 1.69. The minimum atomic E-state index is -0.153. The van der Waals surface area contributed by atoms with Gasteiger partial charge in [0.05, 0.1) is 19.8 Å². The molecule has 0 aliphatic heterocycles. The molecular formula is C27H30N2O4S. The first-order valence-corrected chi connectivity index (χ1v) is 11.9. The van der Waals surface area contributed by atoms with Crippen LogP contribution in [0.4, 0.5) is 0 Å². The maximum atomic E-state index is 12.8. The fourth-order valence-electron chi connectivity index (χ4n) is 3.42. The average Bonchev–Trinajstić information content (AvgIpc) is 2.89. The van der Waals surface area contributed by atoms with Crippen LogP contribution in [0.1, 0.15) is 31.8 Å². The van der Waals surface area contributed by atoms with E-state index in [9.17, 15) is 9.59 Å². The Hall–Kier alpha value is -3.29. The van der Waals surface area contributed by atoms with Gasteiger partial charge in [0.25, 0.3) is 5.91 Å². The summed E-state index contributed by atoms with van der Waals surface area (Å²) in [5.41, 5.74) is 3.18. The highest BCUT2D eigenvalue weighted by Gasteiger charge is 2.16. The minimum Gasteiger partial charge on any atom is -0.497 e. The van der Waals surface area contributed by atoms with E-state index in [4.69, 9.17) is 9.47 Å². The largest absolute Gasteiger partial charge is 0.497 e. The van der Waals surface area contributed by atoms with Crippen molar-refractivity contribution in [3.8, 4) is 11.5 Å². The molecule has 0 aliphatic rings. The second-order valence-corrected chi connectivity index (χ2v) is 8.94. The molecule has 34 heavy (non-hydrogen) atoms. The molecule has 3 aromatic carbocycles. The van der Waals surface area contributed by atoms with E-state index >= 15 is 0 Å². The molecule has 3 rings (SSSR count). The molecular weight excluding hydrogens is 448 g/mol. The number of carbonyl (C=O) groups is 2. The van der Waals surface area contributed by atoms with Crippen molar-refractivity contribution in [2.45, 2.75) is 13.1 Å². The lowest BCUT2D eigenvalue weighted by atomic mass is 10.1. The third kappa shape index (κ3) is 7.10. The first kappa shape index (κ1) is 25.3. The van der Waals surface area contributed by atoms with E-state index in [0.29, 0.717) is 17.7 Å². The molecule has 0 heterocycles. The van der Waals surface area contributed by atoms with E-state index in [-0.39, 0.29) is 5.91 Å². The van der Waals surface area contributed by atoms with E-state index in [1.807, 2.05) is 24.3 Å². The number of carbonyl (C=O) groups excluding carboxylic acids is 2. The lowest BCUT2D eigenvalue weighted by Crippen LogP contribution is -2.30. The van der Waals surface area contributed by atoms with Crippen molar-refractivity contribution in [1.29, 1.82) is 0 Å². The highest BCUT2D eigenvalue weighted by molar-refractivity contribution is 7.97. The van der Waals surface area contributed by atoms with Gasteiger partial charge in [-0.2, -0.15) is 0 Å². The molecule has 0 aromatic heterocycles. The lowest BCUT2D eigenvalue weighted by molar-refractivity contribution is 0.0800. The first-order valence-electron chi connectivity index (χ1n) is 11.0. The van der Waals surface area contributed by atoms with Crippen molar-refractivity contribution in [1.82, 2.24) is 9.21 Å². The van der Waals surface area contributed by atoms with Gasteiger partial charge in [0.15, 0.2) is 6.29 Å². The number of methoxy groups -OCH3 is 2. The summed E-state index contributed by atoms with van der Waals surface area (Å²) in [6.07, 6.45) is 0.723. The Bertz CT molecular complexity index is 1020. The van der Waals surface area contributed by atoms with Gasteiger partial charge in [-0.1, -0.05) is 54.4 Å². The van der Waals surface area contributed by atoms with Crippen molar-refractivity contribution < 1.29 is 19.1 Å². The molecule has 0 spiro atoms. The van der Waals surface area contributed by atoms with Crippen molar-refractivity contribution in [2.24, 2.45) is 0 Å². The Morgan fingerprint density at radius 2 is 1.38 bits per heavy atom. The molecule has 0 aliphatic carbocycles. The average molecular weight is 479 g/mol. The number of ether oxygens (including phenoxy) is 2. The van der Waals surface area contributed by atoms with Gasteiger partial charge < -0.3 is 14.4 Å². The molecule has 0 saturated heterocycles. The fraction of sp³-hybridized carbons (Fsp3) is 0.259. The minimum absolute atomic E-state index is 0.153. The van der Waals surface area contributed by atoms with E-state index in [2.05, 4.69) is 28.6 Å². The Labute approximate surface area is 205 Å². The predicted octanol–water partition coefficient (Wildman–Crippen LogP) is 4.94. The summed E-state index contributed by atoms with van der Waals surface area (Å²) in [7, 11) is 5.08. The lowest BCUT2D eigenvalue weighted by Gasteiger charge is -2.24. The molecule has 0 saturated carbocycles. The molecule has 3 aromatic rings. The SMILES string of the molecule is COc1ccc(CN(Cc2ccc(OC)cc2)SCCN(C)C(=O)c2ccccc2C=O)cc1. The molecule has 0 N–H and O–H groups in total. The normalized spacial score (nSPS) is 10.7. The van der Waals surface area contributed by atoms with E-state index in [1.54, 1.807) is 62.4 Å². The monoisotopic (exact) mass is 478 g/mol. The molecule has 6 nitrogen and oxygen atoms in total. The van der Waals surface area contributed by atoms with Crippen LogP contribution in [0, 0.1) is 0 Å². The summed E-state index contributed by atoms with van der Waals surface area (Å²) in [4.78, 5) is 25.8. The van der Waals surface area contributed by atoms with Crippen molar-refractivity contribution in [3.63, 3.8) is 0 Å². The third-order valence-corrected chi connectivity index (χ3v) is 6.39. The zero-order chi connectivity index (χ0) is 24.3. The second-order valence-electron chi connectivity index (χ2n) is 7.76. The van der Waals surface area contributed by atoms with Crippen molar-refractivity contribution in [3.05, 3.63) is 95.1 Å². The Kier molecular flexibility index (Phi) is 9.55. The quantitative estimate of drug-likeness (QED) is 0.272. The number of hydrogen-bond acceptors (Lipinski definition) is 6. The van der Waals surface area contributed by atoms with Crippen LogP contribution >= 0.6 is 11.9 Å². The van der Waals surface area contributed by atoms with Gasteiger partial charge >= 0.3 is 0 Å². The third-order valence-electron chi connectivity index (χ3n) is 5.40. The summed E-state index contributed by atoms with van der Waals surface area (Å²) in [5.74, 6) is 2.22. The van der Waals surface area contributed by atoms with Crippen LogP contribution in [0.3, 0.4) is 0 Å². The van der Waals surface area contributed by atoms with Crippen molar-refractivity contribution >= 4 is 24.1 Å². The van der Waals surface area contributed by atoms with Gasteiger partial charge in [-0.25, -0.2) is 4.31 Å². The van der Waals surface area contributed by atoms with Gasteiger partial charge in [0.1, 0.15) is 11.5 Å². The van der Waals surface area contributed by atoms with Gasteiger partial charge in [0.2, 0.25) is 0 Å². The topological polar surface area (TPSA) is 59.1 Å². The van der Waals surface area contributed by atoms with E-state index in [1.165, 1.54) is 11.1 Å². The van der Waals surface area contributed by atoms with Crippen LogP contribution in [0.15, 0.2) is 72.8 Å². The standard InChI is InChI=1S/C27H30N2O4S/c1-28(27(31)26-7-5-4-6-23(26)20-30)16-17-34-29(18-21-8-12-24(32-2)13-9-21)19-22-10-14-25(33-3)15-11-22/h4-15,20H,16-19H2,1-3H3. The highest BCUT2D eigenvalue weighted by atomic mass is 32.2. The fourth-order valence-corrected chi connectivity index (χ4v) is 4.52. The number of nitrogens with zero attached hydrogens (tertiary/aromatic N) is 2. The predicted molar refractivity (Wildman–Crippen MR) is 136 cm³/mol. The summed E-state index contributed by atoms with van der Waals surface area (Å²) in [6, 6.07) is 23.0. The van der Waals surface area contributed by atoms with E-state index in [0.717, 1.165) is 36.6 Å².